The Morgan fingerprint density at radius 1 is 1.09 bits per heavy atom. The first-order valence-electron chi connectivity index (χ1n) is 4.16. The molecule has 0 aromatic carbocycles. The van der Waals surface area contributed by atoms with E-state index in [0.29, 0.717) is 0 Å². The minimum atomic E-state index is 1.20. The van der Waals surface area contributed by atoms with E-state index in [1.165, 1.54) is 42.7 Å². The SMILES string of the molecule is c1ncc2c3c1CCN3CC2. The molecule has 0 spiro atoms. The Morgan fingerprint density at radius 2 is 1.73 bits per heavy atom. The Kier molecular flexibility index (Phi) is 0.891. The summed E-state index contributed by atoms with van der Waals surface area (Å²) in [6.45, 7) is 2.43. The lowest BCUT2D eigenvalue weighted by Gasteiger charge is -2.10. The van der Waals surface area contributed by atoms with Crippen molar-refractivity contribution < 1.29 is 0 Å². The van der Waals surface area contributed by atoms with Crippen LogP contribution in [0.1, 0.15) is 11.1 Å². The van der Waals surface area contributed by atoms with Crippen LogP contribution in [0.5, 0.6) is 0 Å². The van der Waals surface area contributed by atoms with Crippen LogP contribution >= 0.6 is 0 Å². The second-order valence-corrected chi connectivity index (χ2v) is 3.29. The Bertz CT molecular complexity index is 280. The molecule has 2 heteroatoms. The van der Waals surface area contributed by atoms with Crippen LogP contribution in [-0.2, 0) is 12.8 Å². The average Bonchev–Trinajstić information content (AvgIpc) is 2.60. The first-order valence-corrected chi connectivity index (χ1v) is 4.16. The molecule has 2 nitrogen and oxygen atoms in total. The third-order valence-electron chi connectivity index (χ3n) is 2.69. The van der Waals surface area contributed by atoms with Crippen LogP contribution in [0.4, 0.5) is 5.69 Å². The molecule has 0 unspecified atom stereocenters. The zero-order valence-corrected chi connectivity index (χ0v) is 6.38. The number of anilines is 1. The predicted octanol–water partition coefficient (Wildman–Crippen LogP) is 1.00. The highest BCUT2D eigenvalue weighted by Gasteiger charge is 2.26. The number of nitrogens with zero attached hydrogens (tertiary/aromatic N) is 2. The maximum Gasteiger partial charge on any atom is 0.0463 e. The molecule has 2 aliphatic heterocycles. The fourth-order valence-electron chi connectivity index (χ4n) is 2.16. The van der Waals surface area contributed by atoms with E-state index in [9.17, 15) is 0 Å². The van der Waals surface area contributed by atoms with Gasteiger partial charge in [0.15, 0.2) is 0 Å². The summed E-state index contributed by atoms with van der Waals surface area (Å²) in [6, 6.07) is 0. The summed E-state index contributed by atoms with van der Waals surface area (Å²) in [5.74, 6) is 0. The summed E-state index contributed by atoms with van der Waals surface area (Å²) >= 11 is 0. The van der Waals surface area contributed by atoms with Gasteiger partial charge < -0.3 is 4.90 Å². The van der Waals surface area contributed by atoms with Gasteiger partial charge in [0.25, 0.3) is 0 Å². The van der Waals surface area contributed by atoms with E-state index in [0.717, 1.165) is 0 Å². The van der Waals surface area contributed by atoms with Crippen LogP contribution < -0.4 is 4.90 Å². The smallest absolute Gasteiger partial charge is 0.0463 e. The fourth-order valence-corrected chi connectivity index (χ4v) is 2.16. The third kappa shape index (κ3) is 0.595. The molecular formula is C9H10N2. The van der Waals surface area contributed by atoms with Gasteiger partial charge in [0.05, 0.1) is 0 Å². The third-order valence-corrected chi connectivity index (χ3v) is 2.69. The molecule has 0 bridgehead atoms. The summed E-state index contributed by atoms with van der Waals surface area (Å²) in [5.41, 5.74) is 4.42. The molecular weight excluding hydrogens is 136 g/mol. The first kappa shape index (κ1) is 5.58. The molecule has 0 saturated heterocycles. The Morgan fingerprint density at radius 3 is 2.36 bits per heavy atom. The molecule has 0 atom stereocenters. The van der Waals surface area contributed by atoms with Gasteiger partial charge in [-0.15, -0.1) is 0 Å². The standard InChI is InChI=1S/C9H10N2/c1-3-11-4-2-8-6-10-5-7(1)9(8)11/h5-6H,1-4H2. The van der Waals surface area contributed by atoms with Crippen molar-refractivity contribution in [2.45, 2.75) is 12.8 Å². The zero-order chi connectivity index (χ0) is 7.26. The molecule has 3 heterocycles. The number of rotatable bonds is 0. The molecule has 0 amide bonds. The maximum atomic E-state index is 4.23. The van der Waals surface area contributed by atoms with Crippen molar-refractivity contribution in [3.05, 3.63) is 23.5 Å². The highest BCUT2D eigenvalue weighted by molar-refractivity contribution is 5.65. The number of aromatic nitrogens is 1. The van der Waals surface area contributed by atoms with Gasteiger partial charge in [0.2, 0.25) is 0 Å². The Balaban J connectivity index is 2.31. The van der Waals surface area contributed by atoms with E-state index in [2.05, 4.69) is 9.88 Å². The van der Waals surface area contributed by atoms with E-state index in [1.807, 2.05) is 12.4 Å². The maximum absolute atomic E-state index is 4.23. The minimum Gasteiger partial charge on any atom is -0.370 e. The normalized spacial score (nSPS) is 19.1. The summed E-state index contributed by atoms with van der Waals surface area (Å²) < 4.78 is 0. The summed E-state index contributed by atoms with van der Waals surface area (Å²) in [7, 11) is 0. The van der Waals surface area contributed by atoms with Crippen molar-refractivity contribution in [1.29, 1.82) is 0 Å². The summed E-state index contributed by atoms with van der Waals surface area (Å²) in [6.07, 6.45) is 6.45. The second-order valence-electron chi connectivity index (χ2n) is 3.29. The van der Waals surface area contributed by atoms with Crippen molar-refractivity contribution in [2.75, 3.05) is 18.0 Å². The van der Waals surface area contributed by atoms with Gasteiger partial charge in [-0.1, -0.05) is 0 Å². The number of pyridine rings is 1. The van der Waals surface area contributed by atoms with E-state index >= 15 is 0 Å². The van der Waals surface area contributed by atoms with Crippen LogP contribution in [-0.4, -0.2) is 18.1 Å². The van der Waals surface area contributed by atoms with Gasteiger partial charge in [0.1, 0.15) is 0 Å². The quantitative estimate of drug-likeness (QED) is 0.543. The molecule has 2 aliphatic rings. The summed E-state index contributed by atoms with van der Waals surface area (Å²) in [5, 5.41) is 0. The van der Waals surface area contributed by atoms with E-state index in [-0.39, 0.29) is 0 Å². The molecule has 1 aromatic heterocycles. The van der Waals surface area contributed by atoms with Crippen molar-refractivity contribution in [1.82, 2.24) is 4.98 Å². The molecule has 0 fully saturated rings. The van der Waals surface area contributed by atoms with Crippen LogP contribution in [0.25, 0.3) is 0 Å². The largest absolute Gasteiger partial charge is 0.370 e. The van der Waals surface area contributed by atoms with Crippen molar-refractivity contribution in [3.63, 3.8) is 0 Å². The van der Waals surface area contributed by atoms with Gasteiger partial charge in [-0.25, -0.2) is 0 Å². The lowest BCUT2D eigenvalue weighted by Crippen LogP contribution is -2.17. The lowest BCUT2D eigenvalue weighted by atomic mass is 10.1. The van der Waals surface area contributed by atoms with Crippen LogP contribution in [0.3, 0.4) is 0 Å². The predicted molar refractivity (Wildman–Crippen MR) is 43.9 cm³/mol. The van der Waals surface area contributed by atoms with Crippen LogP contribution in [0.2, 0.25) is 0 Å². The highest BCUT2D eigenvalue weighted by atomic mass is 15.2. The molecule has 11 heavy (non-hydrogen) atoms. The molecule has 1 aromatic rings. The zero-order valence-electron chi connectivity index (χ0n) is 6.38. The van der Waals surface area contributed by atoms with Gasteiger partial charge >= 0.3 is 0 Å². The van der Waals surface area contributed by atoms with Gasteiger partial charge in [-0.05, 0) is 24.0 Å². The minimum absolute atomic E-state index is 1.20. The molecule has 3 rings (SSSR count). The number of hydrogen-bond acceptors (Lipinski definition) is 2. The fraction of sp³-hybridized carbons (Fsp3) is 0.444. The van der Waals surface area contributed by atoms with E-state index < -0.39 is 0 Å². The van der Waals surface area contributed by atoms with E-state index in [1.54, 1.807) is 0 Å². The highest BCUT2D eigenvalue weighted by Crippen LogP contribution is 2.35. The topological polar surface area (TPSA) is 16.1 Å². The van der Waals surface area contributed by atoms with Crippen LogP contribution in [0.15, 0.2) is 12.4 Å². The monoisotopic (exact) mass is 146 g/mol. The molecule has 0 aliphatic carbocycles. The molecule has 0 radical (unpaired) electrons. The lowest BCUT2D eigenvalue weighted by molar-refractivity contribution is 0.852. The van der Waals surface area contributed by atoms with Crippen LogP contribution in [0, 0.1) is 0 Å². The Hall–Kier alpha value is -1.05. The Labute approximate surface area is 65.9 Å². The molecule has 0 N–H and O–H groups in total. The first-order chi connectivity index (χ1) is 5.45. The molecule has 0 saturated carbocycles. The van der Waals surface area contributed by atoms with Gasteiger partial charge in [-0.2, -0.15) is 0 Å². The van der Waals surface area contributed by atoms with Crippen molar-refractivity contribution >= 4 is 5.69 Å². The number of hydrogen-bond donors (Lipinski definition) is 0. The molecule has 56 valence electrons. The average molecular weight is 146 g/mol. The van der Waals surface area contributed by atoms with Crippen molar-refractivity contribution in [2.24, 2.45) is 0 Å². The van der Waals surface area contributed by atoms with Gasteiger partial charge in [-0.3, -0.25) is 4.98 Å². The van der Waals surface area contributed by atoms with E-state index in [4.69, 9.17) is 0 Å². The van der Waals surface area contributed by atoms with Gasteiger partial charge in [0, 0.05) is 31.2 Å². The second kappa shape index (κ2) is 1.76. The summed E-state index contributed by atoms with van der Waals surface area (Å²) in [4.78, 5) is 6.71. The van der Waals surface area contributed by atoms with Crippen molar-refractivity contribution in [3.8, 4) is 0 Å².